The largest absolute Gasteiger partial charge is 0.393 e. The number of aliphatic hydroxyl groups is 1. The van der Waals surface area contributed by atoms with E-state index in [9.17, 15) is 27.5 Å². The van der Waals surface area contributed by atoms with Crippen LogP contribution in [0.25, 0.3) is 0 Å². The van der Waals surface area contributed by atoms with Gasteiger partial charge >= 0.3 is 12.3 Å². The van der Waals surface area contributed by atoms with Crippen molar-refractivity contribution in [3.8, 4) is 0 Å². The van der Waals surface area contributed by atoms with Crippen LogP contribution in [-0.2, 0) is 4.79 Å². The molecule has 1 N–H and O–H groups in total. The van der Waals surface area contributed by atoms with Gasteiger partial charge in [0.1, 0.15) is 0 Å². The zero-order chi connectivity index (χ0) is 12.8. The van der Waals surface area contributed by atoms with Crippen molar-refractivity contribution in [1.29, 1.82) is 0 Å². The molecule has 0 aromatic heterocycles. The van der Waals surface area contributed by atoms with E-state index in [1.807, 2.05) is 0 Å². The highest BCUT2D eigenvalue weighted by atomic mass is 19.3. The Balaban J connectivity index is 2.16. The van der Waals surface area contributed by atoms with Crippen LogP contribution in [0.15, 0.2) is 0 Å². The molecule has 2 fully saturated rings. The number of alkyl halides is 4. The van der Waals surface area contributed by atoms with Crippen LogP contribution >= 0.6 is 0 Å². The molecule has 0 spiro atoms. The van der Waals surface area contributed by atoms with E-state index < -0.39 is 36.4 Å². The fraction of sp³-hybridized carbons (Fsp3) is 0.900. The van der Waals surface area contributed by atoms with E-state index in [2.05, 4.69) is 0 Å². The third-order valence-corrected chi connectivity index (χ3v) is 3.50. The predicted octanol–water partition coefficient (Wildman–Crippen LogP) is 1.40. The zero-order valence-corrected chi connectivity index (χ0v) is 8.95. The summed E-state index contributed by atoms with van der Waals surface area (Å²) in [7, 11) is 0. The molecule has 17 heavy (non-hydrogen) atoms. The van der Waals surface area contributed by atoms with Gasteiger partial charge in [-0.15, -0.1) is 0 Å². The fourth-order valence-electron chi connectivity index (χ4n) is 2.75. The standard InChI is InChI=1S/C10H13F4NO2/c11-8(12)10(13,14)9(17)15-5-1-2-6(15)4-7(16)3-5/h5-8,16H,1-4H2. The predicted molar refractivity (Wildman–Crippen MR) is 49.8 cm³/mol. The number of rotatable bonds is 2. The molecule has 2 rings (SSSR count). The van der Waals surface area contributed by atoms with Gasteiger partial charge in [0, 0.05) is 12.1 Å². The van der Waals surface area contributed by atoms with E-state index >= 15 is 0 Å². The first-order chi connectivity index (χ1) is 7.84. The maximum absolute atomic E-state index is 13.0. The average Bonchev–Trinajstić information content (AvgIpc) is 2.49. The summed E-state index contributed by atoms with van der Waals surface area (Å²) < 4.78 is 50.2. The summed E-state index contributed by atoms with van der Waals surface area (Å²) in [5.41, 5.74) is 0. The number of carbonyl (C=O) groups is 1. The van der Waals surface area contributed by atoms with Crippen LogP contribution < -0.4 is 0 Å². The molecule has 0 aromatic rings. The van der Waals surface area contributed by atoms with Crippen LogP contribution in [0.5, 0.6) is 0 Å². The van der Waals surface area contributed by atoms with Crippen LogP contribution in [-0.4, -0.2) is 46.4 Å². The second-order valence-electron chi connectivity index (χ2n) is 4.65. The topological polar surface area (TPSA) is 40.5 Å². The summed E-state index contributed by atoms with van der Waals surface area (Å²) in [4.78, 5) is 12.3. The summed E-state index contributed by atoms with van der Waals surface area (Å²) in [5, 5.41) is 9.43. The molecular formula is C10H13F4NO2. The Kier molecular flexibility index (Phi) is 3.05. The minimum absolute atomic E-state index is 0.196. The van der Waals surface area contributed by atoms with Crippen molar-refractivity contribution in [2.75, 3.05) is 0 Å². The lowest BCUT2D eigenvalue weighted by atomic mass is 9.99. The fourth-order valence-corrected chi connectivity index (χ4v) is 2.75. The summed E-state index contributed by atoms with van der Waals surface area (Å²) >= 11 is 0. The van der Waals surface area contributed by atoms with E-state index in [1.54, 1.807) is 0 Å². The van der Waals surface area contributed by atoms with Crippen molar-refractivity contribution in [2.45, 2.75) is 56.2 Å². The van der Waals surface area contributed by atoms with Gasteiger partial charge in [-0.3, -0.25) is 4.79 Å². The maximum atomic E-state index is 13.0. The SMILES string of the molecule is O=C(N1C2CCC1CC(O)C2)C(F)(F)C(F)F. The number of fused-ring (bicyclic) bond motifs is 2. The number of piperidine rings is 1. The molecule has 0 aromatic carbocycles. The van der Waals surface area contributed by atoms with Crippen molar-refractivity contribution < 1.29 is 27.5 Å². The molecule has 2 aliphatic heterocycles. The van der Waals surface area contributed by atoms with E-state index in [0.29, 0.717) is 12.8 Å². The number of amides is 1. The van der Waals surface area contributed by atoms with Crippen LogP contribution in [0.3, 0.4) is 0 Å². The quantitative estimate of drug-likeness (QED) is 0.758. The van der Waals surface area contributed by atoms with Crippen molar-refractivity contribution in [1.82, 2.24) is 4.90 Å². The Hall–Kier alpha value is -0.850. The van der Waals surface area contributed by atoms with Gasteiger partial charge in [0.2, 0.25) is 0 Å². The summed E-state index contributed by atoms with van der Waals surface area (Å²) in [6.07, 6.45) is -3.24. The molecule has 1 amide bonds. The smallest absolute Gasteiger partial charge is 0.383 e. The van der Waals surface area contributed by atoms with Crippen LogP contribution in [0.4, 0.5) is 17.6 Å². The first-order valence-electron chi connectivity index (χ1n) is 5.50. The van der Waals surface area contributed by atoms with Crippen molar-refractivity contribution >= 4 is 5.91 Å². The molecular weight excluding hydrogens is 242 g/mol. The van der Waals surface area contributed by atoms with Gasteiger partial charge in [0.25, 0.3) is 5.91 Å². The number of nitrogens with zero attached hydrogens (tertiary/aromatic N) is 1. The average molecular weight is 255 g/mol. The Morgan fingerprint density at radius 2 is 1.71 bits per heavy atom. The molecule has 2 saturated heterocycles. The van der Waals surface area contributed by atoms with Crippen LogP contribution in [0.1, 0.15) is 25.7 Å². The molecule has 2 unspecified atom stereocenters. The van der Waals surface area contributed by atoms with Crippen molar-refractivity contribution in [3.05, 3.63) is 0 Å². The van der Waals surface area contributed by atoms with Crippen LogP contribution in [0.2, 0.25) is 0 Å². The van der Waals surface area contributed by atoms with Gasteiger partial charge in [-0.25, -0.2) is 8.78 Å². The minimum atomic E-state index is -4.62. The van der Waals surface area contributed by atoms with Crippen molar-refractivity contribution in [2.24, 2.45) is 0 Å². The molecule has 2 bridgehead atoms. The number of aliphatic hydroxyl groups excluding tert-OH is 1. The normalized spacial score (nSPS) is 33.3. The first kappa shape index (κ1) is 12.6. The minimum Gasteiger partial charge on any atom is -0.393 e. The summed E-state index contributed by atoms with van der Waals surface area (Å²) in [6.45, 7) is 0. The van der Waals surface area contributed by atoms with E-state index in [4.69, 9.17) is 0 Å². The second-order valence-corrected chi connectivity index (χ2v) is 4.65. The molecule has 2 aliphatic rings. The summed E-state index contributed by atoms with van der Waals surface area (Å²) in [6, 6.07) is -1.05. The van der Waals surface area contributed by atoms with E-state index in [1.165, 1.54) is 0 Å². The third-order valence-electron chi connectivity index (χ3n) is 3.50. The molecule has 98 valence electrons. The van der Waals surface area contributed by atoms with Gasteiger partial charge in [-0.1, -0.05) is 0 Å². The van der Waals surface area contributed by atoms with E-state index in [-0.39, 0.29) is 12.8 Å². The molecule has 0 saturated carbocycles. The highest BCUT2D eigenvalue weighted by Gasteiger charge is 2.56. The Labute approximate surface area is 95.4 Å². The second kappa shape index (κ2) is 4.12. The first-order valence-corrected chi connectivity index (χ1v) is 5.50. The summed E-state index contributed by atoms with van der Waals surface area (Å²) in [5.74, 6) is -6.42. The molecule has 7 heteroatoms. The maximum Gasteiger partial charge on any atom is 0.383 e. The van der Waals surface area contributed by atoms with Gasteiger partial charge < -0.3 is 10.0 Å². The molecule has 2 atom stereocenters. The highest BCUT2D eigenvalue weighted by molar-refractivity contribution is 5.85. The van der Waals surface area contributed by atoms with Gasteiger partial charge in [0.05, 0.1) is 6.10 Å². The lowest BCUT2D eigenvalue weighted by molar-refractivity contribution is -0.186. The molecule has 0 aliphatic carbocycles. The monoisotopic (exact) mass is 255 g/mol. The third kappa shape index (κ3) is 2.00. The molecule has 3 nitrogen and oxygen atoms in total. The van der Waals surface area contributed by atoms with Gasteiger partial charge in [-0.2, -0.15) is 8.78 Å². The molecule has 0 radical (unpaired) electrons. The van der Waals surface area contributed by atoms with Crippen molar-refractivity contribution in [3.63, 3.8) is 0 Å². The Morgan fingerprint density at radius 1 is 1.24 bits per heavy atom. The number of hydrogen-bond acceptors (Lipinski definition) is 2. The van der Waals surface area contributed by atoms with Gasteiger partial charge in [-0.05, 0) is 25.7 Å². The van der Waals surface area contributed by atoms with E-state index in [0.717, 1.165) is 4.90 Å². The molecule has 2 heterocycles. The highest BCUT2D eigenvalue weighted by Crippen LogP contribution is 2.39. The number of hydrogen-bond donors (Lipinski definition) is 1. The Bertz CT molecular complexity index is 309. The van der Waals surface area contributed by atoms with Gasteiger partial charge in [0.15, 0.2) is 0 Å². The van der Waals surface area contributed by atoms with Crippen LogP contribution in [0, 0.1) is 0 Å². The number of carbonyl (C=O) groups excluding carboxylic acids is 1. The zero-order valence-electron chi connectivity index (χ0n) is 8.95. The lowest BCUT2D eigenvalue weighted by Gasteiger charge is -2.38. The Morgan fingerprint density at radius 3 is 2.12 bits per heavy atom. The number of halogens is 4. The lowest BCUT2D eigenvalue weighted by Crippen LogP contribution is -2.55.